The Hall–Kier alpha value is -1.35. The molecule has 0 bridgehead atoms. The van der Waals surface area contributed by atoms with Gasteiger partial charge in [0.25, 0.3) is 0 Å². The van der Waals surface area contributed by atoms with Gasteiger partial charge in [0.1, 0.15) is 5.82 Å². The Morgan fingerprint density at radius 1 is 1.05 bits per heavy atom. The summed E-state index contributed by atoms with van der Waals surface area (Å²) in [7, 11) is 0. The molecule has 1 nitrogen and oxygen atoms in total. The third-order valence-corrected chi connectivity index (χ3v) is 4.22. The van der Waals surface area contributed by atoms with E-state index in [0.717, 1.165) is 12.2 Å². The lowest BCUT2D eigenvalue weighted by Gasteiger charge is -2.09. The van der Waals surface area contributed by atoms with Gasteiger partial charge in [0.2, 0.25) is 0 Å². The van der Waals surface area contributed by atoms with Crippen molar-refractivity contribution in [2.45, 2.75) is 25.8 Å². The number of anilines is 1. The molecular formula is C16H15BrFN. The average Bonchev–Trinajstić information content (AvgIpc) is 2.87. The second-order valence-corrected chi connectivity index (χ2v) is 5.79. The standard InChI is InChI=1S/C16H15BrFN/c17-15-7-6-14(9-16(15)18)19-10-11-4-5-12-2-1-3-13(12)8-11/h4-9,19H,1-3,10H2. The zero-order chi connectivity index (χ0) is 13.2. The Labute approximate surface area is 121 Å². The third kappa shape index (κ3) is 2.81. The quantitative estimate of drug-likeness (QED) is 0.865. The van der Waals surface area contributed by atoms with Gasteiger partial charge in [-0.3, -0.25) is 0 Å². The molecular weight excluding hydrogens is 305 g/mol. The van der Waals surface area contributed by atoms with Gasteiger partial charge in [0, 0.05) is 12.2 Å². The van der Waals surface area contributed by atoms with Gasteiger partial charge in [-0.1, -0.05) is 18.2 Å². The molecule has 1 aliphatic carbocycles. The van der Waals surface area contributed by atoms with Crippen LogP contribution in [0.4, 0.5) is 10.1 Å². The van der Waals surface area contributed by atoms with Crippen LogP contribution in [0.25, 0.3) is 0 Å². The fourth-order valence-corrected chi connectivity index (χ4v) is 2.79. The minimum atomic E-state index is -0.237. The zero-order valence-corrected chi connectivity index (χ0v) is 12.1. The number of hydrogen-bond acceptors (Lipinski definition) is 1. The zero-order valence-electron chi connectivity index (χ0n) is 10.5. The Bertz CT molecular complexity index is 610. The Morgan fingerprint density at radius 3 is 2.74 bits per heavy atom. The molecule has 2 aromatic rings. The molecule has 0 spiro atoms. The molecule has 0 saturated heterocycles. The van der Waals surface area contributed by atoms with Crippen molar-refractivity contribution in [1.29, 1.82) is 0 Å². The van der Waals surface area contributed by atoms with Gasteiger partial charge < -0.3 is 5.32 Å². The van der Waals surface area contributed by atoms with Crippen LogP contribution >= 0.6 is 15.9 Å². The highest BCUT2D eigenvalue weighted by molar-refractivity contribution is 9.10. The van der Waals surface area contributed by atoms with Crippen molar-refractivity contribution in [3.8, 4) is 0 Å². The number of benzene rings is 2. The minimum Gasteiger partial charge on any atom is -0.381 e. The van der Waals surface area contributed by atoms with E-state index < -0.39 is 0 Å². The van der Waals surface area contributed by atoms with Crippen molar-refractivity contribution in [1.82, 2.24) is 0 Å². The molecule has 0 atom stereocenters. The maximum Gasteiger partial charge on any atom is 0.139 e. The summed E-state index contributed by atoms with van der Waals surface area (Å²) < 4.78 is 13.9. The molecule has 0 saturated carbocycles. The lowest BCUT2D eigenvalue weighted by Crippen LogP contribution is -2.00. The monoisotopic (exact) mass is 319 g/mol. The molecule has 98 valence electrons. The van der Waals surface area contributed by atoms with E-state index in [2.05, 4.69) is 39.4 Å². The molecule has 19 heavy (non-hydrogen) atoms. The van der Waals surface area contributed by atoms with E-state index in [4.69, 9.17) is 0 Å². The number of fused-ring (bicyclic) bond motifs is 1. The van der Waals surface area contributed by atoms with Crippen LogP contribution in [0, 0.1) is 5.82 Å². The summed E-state index contributed by atoms with van der Waals surface area (Å²) in [6.45, 7) is 0.731. The van der Waals surface area contributed by atoms with Crippen LogP contribution in [-0.4, -0.2) is 0 Å². The second kappa shape index (κ2) is 5.33. The normalized spacial score (nSPS) is 13.4. The first-order valence-corrected chi connectivity index (χ1v) is 7.31. The van der Waals surface area contributed by atoms with Crippen molar-refractivity contribution < 1.29 is 4.39 Å². The molecule has 0 radical (unpaired) electrons. The molecule has 1 aliphatic rings. The topological polar surface area (TPSA) is 12.0 Å². The number of halogens is 2. The van der Waals surface area contributed by atoms with E-state index in [1.165, 1.54) is 42.0 Å². The summed E-state index contributed by atoms with van der Waals surface area (Å²) >= 11 is 3.16. The molecule has 0 fully saturated rings. The summed E-state index contributed by atoms with van der Waals surface area (Å²) in [6, 6.07) is 11.8. The summed E-state index contributed by atoms with van der Waals surface area (Å²) in [6.07, 6.45) is 3.67. The van der Waals surface area contributed by atoms with Crippen LogP contribution in [0.5, 0.6) is 0 Å². The predicted octanol–water partition coefficient (Wildman–Crippen LogP) is 4.69. The molecule has 0 aromatic heterocycles. The van der Waals surface area contributed by atoms with Crippen LogP contribution in [-0.2, 0) is 19.4 Å². The maximum atomic E-state index is 13.4. The molecule has 0 aliphatic heterocycles. The highest BCUT2D eigenvalue weighted by Gasteiger charge is 2.10. The summed E-state index contributed by atoms with van der Waals surface area (Å²) in [4.78, 5) is 0. The number of rotatable bonds is 3. The number of hydrogen-bond donors (Lipinski definition) is 1. The van der Waals surface area contributed by atoms with Gasteiger partial charge in [-0.15, -0.1) is 0 Å². The van der Waals surface area contributed by atoms with Gasteiger partial charge in [0.05, 0.1) is 4.47 Å². The summed E-state index contributed by atoms with van der Waals surface area (Å²) in [5, 5.41) is 3.26. The Morgan fingerprint density at radius 2 is 1.89 bits per heavy atom. The van der Waals surface area contributed by atoms with Crippen LogP contribution in [0.1, 0.15) is 23.1 Å². The van der Waals surface area contributed by atoms with E-state index in [-0.39, 0.29) is 5.82 Å². The van der Waals surface area contributed by atoms with Gasteiger partial charge in [-0.25, -0.2) is 4.39 Å². The Balaban J connectivity index is 1.70. The fourth-order valence-electron chi connectivity index (χ4n) is 2.55. The van der Waals surface area contributed by atoms with Crippen LogP contribution < -0.4 is 5.32 Å². The first kappa shape index (κ1) is 12.7. The second-order valence-electron chi connectivity index (χ2n) is 4.94. The highest BCUT2D eigenvalue weighted by atomic mass is 79.9. The van der Waals surface area contributed by atoms with E-state index in [1.54, 1.807) is 6.07 Å². The molecule has 3 heteroatoms. The molecule has 3 rings (SSSR count). The largest absolute Gasteiger partial charge is 0.381 e. The smallest absolute Gasteiger partial charge is 0.139 e. The Kier molecular flexibility index (Phi) is 3.56. The lowest BCUT2D eigenvalue weighted by molar-refractivity contribution is 0.621. The van der Waals surface area contributed by atoms with Crippen molar-refractivity contribution in [3.63, 3.8) is 0 Å². The lowest BCUT2D eigenvalue weighted by atomic mass is 10.1. The average molecular weight is 320 g/mol. The van der Waals surface area contributed by atoms with Gasteiger partial charge >= 0.3 is 0 Å². The first-order chi connectivity index (χ1) is 9.22. The van der Waals surface area contributed by atoms with Crippen LogP contribution in [0.3, 0.4) is 0 Å². The van der Waals surface area contributed by atoms with E-state index in [0.29, 0.717) is 4.47 Å². The highest BCUT2D eigenvalue weighted by Crippen LogP contribution is 2.24. The van der Waals surface area contributed by atoms with Crippen molar-refractivity contribution >= 4 is 21.6 Å². The number of aryl methyl sites for hydroxylation is 2. The number of nitrogens with one attached hydrogen (secondary N) is 1. The molecule has 0 amide bonds. The first-order valence-electron chi connectivity index (χ1n) is 6.52. The summed E-state index contributed by atoms with van der Waals surface area (Å²) in [5.41, 5.74) is 5.02. The van der Waals surface area contributed by atoms with E-state index in [9.17, 15) is 4.39 Å². The van der Waals surface area contributed by atoms with E-state index in [1.807, 2.05) is 6.07 Å². The predicted molar refractivity (Wildman–Crippen MR) is 79.9 cm³/mol. The van der Waals surface area contributed by atoms with Gasteiger partial charge in [-0.05, 0) is 70.1 Å². The van der Waals surface area contributed by atoms with Crippen molar-refractivity contribution in [3.05, 3.63) is 63.4 Å². The van der Waals surface area contributed by atoms with Crippen LogP contribution in [0.15, 0.2) is 40.9 Å². The fraction of sp³-hybridized carbons (Fsp3) is 0.250. The molecule has 2 aromatic carbocycles. The third-order valence-electron chi connectivity index (χ3n) is 3.58. The molecule has 0 unspecified atom stereocenters. The van der Waals surface area contributed by atoms with Gasteiger partial charge in [-0.2, -0.15) is 0 Å². The SMILES string of the molecule is Fc1cc(NCc2ccc3c(c2)CCC3)ccc1Br. The maximum absolute atomic E-state index is 13.4. The van der Waals surface area contributed by atoms with Gasteiger partial charge in [0.15, 0.2) is 0 Å². The van der Waals surface area contributed by atoms with Crippen LogP contribution in [0.2, 0.25) is 0 Å². The minimum absolute atomic E-state index is 0.237. The van der Waals surface area contributed by atoms with E-state index >= 15 is 0 Å². The summed E-state index contributed by atoms with van der Waals surface area (Å²) in [5.74, 6) is -0.237. The molecule has 1 N–H and O–H groups in total. The van der Waals surface area contributed by atoms with Crippen molar-refractivity contribution in [2.24, 2.45) is 0 Å². The molecule has 0 heterocycles. The van der Waals surface area contributed by atoms with Crippen molar-refractivity contribution in [2.75, 3.05) is 5.32 Å².